The predicted molar refractivity (Wildman–Crippen MR) is 80.2 cm³/mol. The summed E-state index contributed by atoms with van der Waals surface area (Å²) in [5, 5.41) is 6.83. The van der Waals surface area contributed by atoms with Crippen molar-refractivity contribution in [2.75, 3.05) is 5.32 Å². The summed E-state index contributed by atoms with van der Waals surface area (Å²) in [5.74, 6) is -0.660. The van der Waals surface area contributed by atoms with Crippen molar-refractivity contribution < 1.29 is 4.79 Å². The third-order valence-electron chi connectivity index (χ3n) is 2.28. The molecule has 0 bridgehead atoms. The van der Waals surface area contributed by atoms with Crippen LogP contribution >= 0.6 is 28.1 Å². The van der Waals surface area contributed by atoms with Crippen LogP contribution in [0.2, 0.25) is 0 Å². The first-order valence-corrected chi connectivity index (χ1v) is 6.39. The van der Waals surface area contributed by atoms with Crippen molar-refractivity contribution in [3.63, 3.8) is 0 Å². The topological polar surface area (TPSA) is 99.0 Å². The van der Waals surface area contributed by atoms with Crippen LogP contribution in [-0.4, -0.2) is 20.8 Å². The van der Waals surface area contributed by atoms with Gasteiger partial charge in [-0.25, -0.2) is 4.68 Å². The number of hydrogen-bond donors (Lipinski definition) is 3. The number of carbonyl (C=O) groups excluding carboxylic acids is 1. The van der Waals surface area contributed by atoms with E-state index in [0.29, 0.717) is 5.69 Å². The Labute approximate surface area is 122 Å². The maximum absolute atomic E-state index is 11.3. The van der Waals surface area contributed by atoms with Gasteiger partial charge in [-0.1, -0.05) is 22.0 Å². The Morgan fingerprint density at radius 1 is 1.42 bits per heavy atom. The van der Waals surface area contributed by atoms with E-state index < -0.39 is 5.91 Å². The molecule has 0 unspecified atom stereocenters. The Balaban J connectivity index is 2.48. The maximum atomic E-state index is 11.3. The molecule has 0 radical (unpaired) electrons. The highest BCUT2D eigenvalue weighted by atomic mass is 79.9. The number of halogens is 1. The molecule has 1 aromatic carbocycles. The summed E-state index contributed by atoms with van der Waals surface area (Å²) in [4.78, 5) is 11.3. The second-order valence-corrected chi connectivity index (χ2v) is 5.02. The van der Waals surface area contributed by atoms with E-state index in [1.54, 1.807) is 6.20 Å². The molecule has 8 heteroatoms. The Morgan fingerprint density at radius 3 is 2.74 bits per heavy atom. The number of carbonyl (C=O) groups is 1. The molecular formula is C11H10BrN5OS. The number of nitrogens with one attached hydrogen (secondary N) is 1. The minimum Gasteiger partial charge on any atom is -0.376 e. The first-order chi connectivity index (χ1) is 8.97. The number of hydrogen-bond acceptors (Lipinski definition) is 3. The van der Waals surface area contributed by atoms with E-state index in [2.05, 4.69) is 26.3 Å². The maximum Gasteiger partial charge on any atom is 0.271 e. The molecule has 0 spiro atoms. The van der Waals surface area contributed by atoms with Gasteiger partial charge in [-0.3, -0.25) is 4.79 Å². The van der Waals surface area contributed by atoms with E-state index in [1.165, 1.54) is 4.68 Å². The fourth-order valence-electron chi connectivity index (χ4n) is 1.53. The highest BCUT2D eigenvalue weighted by molar-refractivity contribution is 9.10. The minimum atomic E-state index is -0.660. The summed E-state index contributed by atoms with van der Waals surface area (Å²) >= 11 is 8.11. The van der Waals surface area contributed by atoms with Crippen LogP contribution in [0.3, 0.4) is 0 Å². The largest absolute Gasteiger partial charge is 0.376 e. The quantitative estimate of drug-likeness (QED) is 0.734. The van der Waals surface area contributed by atoms with Gasteiger partial charge in [0.1, 0.15) is 0 Å². The van der Waals surface area contributed by atoms with Gasteiger partial charge >= 0.3 is 0 Å². The third kappa shape index (κ3) is 3.09. The van der Waals surface area contributed by atoms with Crippen molar-refractivity contribution in [2.45, 2.75) is 0 Å². The number of aromatic nitrogens is 2. The number of amides is 1. The monoisotopic (exact) mass is 339 g/mol. The fourth-order valence-corrected chi connectivity index (χ4v) is 2.03. The molecule has 2 rings (SSSR count). The van der Waals surface area contributed by atoms with Crippen molar-refractivity contribution in [3.8, 4) is 5.69 Å². The second-order valence-electron chi connectivity index (χ2n) is 3.67. The minimum absolute atomic E-state index is 0.0382. The Kier molecular flexibility index (Phi) is 3.82. The van der Waals surface area contributed by atoms with Crippen molar-refractivity contribution >= 4 is 44.9 Å². The number of primary amides is 1. The first kappa shape index (κ1) is 13.5. The highest BCUT2D eigenvalue weighted by Gasteiger charge is 2.15. The van der Waals surface area contributed by atoms with Gasteiger partial charge in [0.2, 0.25) is 0 Å². The lowest BCUT2D eigenvalue weighted by molar-refractivity contribution is 0.0996. The number of anilines is 1. The summed E-state index contributed by atoms with van der Waals surface area (Å²) in [7, 11) is 0. The average Bonchev–Trinajstić information content (AvgIpc) is 2.72. The van der Waals surface area contributed by atoms with Gasteiger partial charge in [-0.15, -0.1) is 0 Å². The highest BCUT2D eigenvalue weighted by Crippen LogP contribution is 2.19. The van der Waals surface area contributed by atoms with Crippen molar-refractivity contribution in [3.05, 3.63) is 40.6 Å². The summed E-state index contributed by atoms with van der Waals surface area (Å²) in [5.41, 5.74) is 11.9. The van der Waals surface area contributed by atoms with Gasteiger partial charge in [0.15, 0.2) is 10.8 Å². The van der Waals surface area contributed by atoms with Crippen LogP contribution in [0.15, 0.2) is 34.9 Å². The van der Waals surface area contributed by atoms with Gasteiger partial charge in [-0.2, -0.15) is 5.10 Å². The number of nitrogens with zero attached hydrogens (tertiary/aromatic N) is 2. The van der Waals surface area contributed by atoms with Crippen LogP contribution < -0.4 is 16.8 Å². The SMILES string of the molecule is NC(=O)c1nn(-c2cccc(Br)c2)cc1NC(N)=S. The lowest BCUT2D eigenvalue weighted by Crippen LogP contribution is -2.21. The molecular weight excluding hydrogens is 330 g/mol. The van der Waals surface area contributed by atoms with Crippen LogP contribution in [0.5, 0.6) is 0 Å². The van der Waals surface area contributed by atoms with Gasteiger partial charge < -0.3 is 16.8 Å². The number of thiocarbonyl (C=S) groups is 1. The van der Waals surface area contributed by atoms with Crippen molar-refractivity contribution in [1.29, 1.82) is 0 Å². The van der Waals surface area contributed by atoms with Crippen molar-refractivity contribution in [2.24, 2.45) is 11.5 Å². The standard InChI is InChI=1S/C11H10BrN5OS/c12-6-2-1-3-7(4-6)17-5-8(15-11(14)19)9(16-17)10(13)18/h1-5H,(H2,13,18)(H3,14,15,19). The zero-order chi connectivity index (χ0) is 14.0. The lowest BCUT2D eigenvalue weighted by atomic mass is 10.3. The molecule has 5 N–H and O–H groups in total. The van der Waals surface area contributed by atoms with Crippen LogP contribution in [0, 0.1) is 0 Å². The Hall–Kier alpha value is -1.93. The third-order valence-corrected chi connectivity index (χ3v) is 2.87. The van der Waals surface area contributed by atoms with E-state index >= 15 is 0 Å². The van der Waals surface area contributed by atoms with Gasteiger partial charge in [-0.05, 0) is 30.4 Å². The smallest absolute Gasteiger partial charge is 0.271 e. The Bertz CT molecular complexity index is 654. The molecule has 98 valence electrons. The molecule has 6 nitrogen and oxygen atoms in total. The zero-order valence-corrected chi connectivity index (χ0v) is 12.0. The van der Waals surface area contributed by atoms with Crippen LogP contribution in [0.4, 0.5) is 5.69 Å². The molecule has 1 amide bonds. The van der Waals surface area contributed by atoms with Crippen LogP contribution in [-0.2, 0) is 0 Å². The average molecular weight is 340 g/mol. The van der Waals surface area contributed by atoms with Crippen LogP contribution in [0.25, 0.3) is 5.69 Å². The molecule has 0 saturated carbocycles. The number of benzene rings is 1. The van der Waals surface area contributed by atoms with E-state index in [9.17, 15) is 4.79 Å². The molecule has 1 heterocycles. The summed E-state index contributed by atoms with van der Waals surface area (Å²) < 4.78 is 2.41. The second kappa shape index (κ2) is 5.37. The molecule has 0 atom stereocenters. The first-order valence-electron chi connectivity index (χ1n) is 5.19. The summed E-state index contributed by atoms with van der Waals surface area (Å²) in [6.07, 6.45) is 1.60. The summed E-state index contributed by atoms with van der Waals surface area (Å²) in [6.45, 7) is 0. The van der Waals surface area contributed by atoms with E-state index in [-0.39, 0.29) is 10.8 Å². The number of nitrogens with two attached hydrogens (primary N) is 2. The van der Waals surface area contributed by atoms with Gasteiger partial charge in [0.05, 0.1) is 17.6 Å². The zero-order valence-electron chi connectivity index (χ0n) is 9.63. The molecule has 0 saturated heterocycles. The van der Waals surface area contributed by atoms with E-state index in [0.717, 1.165) is 10.2 Å². The molecule has 2 aromatic rings. The van der Waals surface area contributed by atoms with E-state index in [1.807, 2.05) is 24.3 Å². The van der Waals surface area contributed by atoms with E-state index in [4.69, 9.17) is 23.7 Å². The van der Waals surface area contributed by atoms with Gasteiger partial charge in [0, 0.05) is 4.47 Å². The fraction of sp³-hybridized carbons (Fsp3) is 0. The molecule has 0 aliphatic carbocycles. The number of rotatable bonds is 3. The lowest BCUT2D eigenvalue weighted by Gasteiger charge is -2.01. The molecule has 19 heavy (non-hydrogen) atoms. The van der Waals surface area contributed by atoms with Crippen LogP contribution in [0.1, 0.15) is 10.5 Å². The van der Waals surface area contributed by atoms with Crippen molar-refractivity contribution in [1.82, 2.24) is 9.78 Å². The molecule has 1 aromatic heterocycles. The summed E-state index contributed by atoms with van der Waals surface area (Å²) in [6, 6.07) is 7.43. The predicted octanol–water partition coefficient (Wildman–Crippen LogP) is 1.39. The normalized spacial score (nSPS) is 10.2. The molecule has 0 fully saturated rings. The van der Waals surface area contributed by atoms with Gasteiger partial charge in [0.25, 0.3) is 5.91 Å². The molecule has 0 aliphatic heterocycles. The molecule has 0 aliphatic rings. The Morgan fingerprint density at radius 2 is 2.16 bits per heavy atom.